The zero-order chi connectivity index (χ0) is 21.0. The third kappa shape index (κ3) is 5.11. The summed E-state index contributed by atoms with van der Waals surface area (Å²) in [5.74, 6) is -0.368. The van der Waals surface area contributed by atoms with E-state index in [0.29, 0.717) is 23.7 Å². The van der Waals surface area contributed by atoms with Crippen LogP contribution in [0.15, 0.2) is 46.0 Å². The summed E-state index contributed by atoms with van der Waals surface area (Å²) in [7, 11) is -3.50. The Bertz CT molecular complexity index is 954. The fourth-order valence-electron chi connectivity index (χ4n) is 4.28. The molecule has 2 fully saturated rings. The Kier molecular flexibility index (Phi) is 6.87. The highest BCUT2D eigenvalue weighted by atomic mass is 32.2. The van der Waals surface area contributed by atoms with Crippen LogP contribution in [0.5, 0.6) is 0 Å². The molecule has 0 radical (unpaired) electrons. The van der Waals surface area contributed by atoms with Crippen LogP contribution in [-0.2, 0) is 27.9 Å². The van der Waals surface area contributed by atoms with Crippen molar-refractivity contribution in [3.05, 3.63) is 52.9 Å². The molecule has 0 saturated carbocycles. The third-order valence-electron chi connectivity index (χ3n) is 5.91. The molecule has 2 aliphatic rings. The minimum Gasteiger partial charge on any atom is -0.352 e. The molecule has 2 saturated heterocycles. The molecule has 1 aromatic carbocycles. The molecule has 1 atom stereocenters. The Hall–Kier alpha value is -1.74. The molecule has 6 nitrogen and oxygen atoms in total. The molecule has 2 aliphatic heterocycles. The summed E-state index contributed by atoms with van der Waals surface area (Å²) in [4.78, 5) is 15.2. The number of thiophene rings is 1. The van der Waals surface area contributed by atoms with Crippen molar-refractivity contribution in [3.63, 3.8) is 0 Å². The van der Waals surface area contributed by atoms with Crippen molar-refractivity contribution in [1.82, 2.24) is 14.5 Å². The highest BCUT2D eigenvalue weighted by Gasteiger charge is 2.33. The number of hydrogen-bond acceptors (Lipinski definition) is 5. The number of benzene rings is 1. The smallest absolute Gasteiger partial charge is 0.252 e. The van der Waals surface area contributed by atoms with Crippen molar-refractivity contribution in [3.8, 4) is 0 Å². The van der Waals surface area contributed by atoms with Crippen LogP contribution < -0.4 is 5.32 Å². The van der Waals surface area contributed by atoms with Crippen LogP contribution in [0.1, 0.15) is 36.8 Å². The predicted molar refractivity (Wildman–Crippen MR) is 119 cm³/mol. The molecule has 0 unspecified atom stereocenters. The summed E-state index contributed by atoms with van der Waals surface area (Å²) in [5, 5.41) is 4.79. The summed E-state index contributed by atoms with van der Waals surface area (Å²) in [6.45, 7) is 4.48. The minimum atomic E-state index is -3.50. The number of carbonyl (C=O) groups is 1. The standard InChI is InChI=1S/C22H29N3O3S2/c26-22(20-8-4-12-25(17-20)30(27,28)21-9-5-13-29-21)23-15-18-6-3-7-19(14-18)16-24-10-1-2-11-24/h3,5-7,9,13-14,20H,1-2,4,8,10-12,15-17H2,(H,23,26)/t20-/m1/s1. The van der Waals surface area contributed by atoms with E-state index < -0.39 is 10.0 Å². The van der Waals surface area contributed by atoms with Gasteiger partial charge in [-0.25, -0.2) is 8.42 Å². The predicted octanol–water partition coefficient (Wildman–Crippen LogP) is 3.06. The number of nitrogens with zero attached hydrogens (tertiary/aromatic N) is 2. The molecule has 3 heterocycles. The van der Waals surface area contributed by atoms with Gasteiger partial charge in [-0.2, -0.15) is 4.31 Å². The van der Waals surface area contributed by atoms with E-state index in [-0.39, 0.29) is 18.4 Å². The number of carbonyl (C=O) groups excluding carboxylic acids is 1. The number of amides is 1. The zero-order valence-electron chi connectivity index (χ0n) is 17.1. The number of sulfonamides is 1. The van der Waals surface area contributed by atoms with E-state index in [1.165, 1.54) is 34.0 Å². The van der Waals surface area contributed by atoms with Gasteiger partial charge in [-0.15, -0.1) is 11.3 Å². The van der Waals surface area contributed by atoms with Gasteiger partial charge in [0.1, 0.15) is 4.21 Å². The van der Waals surface area contributed by atoms with Crippen molar-refractivity contribution in [2.24, 2.45) is 5.92 Å². The monoisotopic (exact) mass is 447 g/mol. The maximum Gasteiger partial charge on any atom is 0.252 e. The number of nitrogens with one attached hydrogen (secondary N) is 1. The van der Waals surface area contributed by atoms with Crippen molar-refractivity contribution in [2.75, 3.05) is 26.2 Å². The van der Waals surface area contributed by atoms with E-state index in [2.05, 4.69) is 22.3 Å². The lowest BCUT2D eigenvalue weighted by atomic mass is 9.98. The van der Waals surface area contributed by atoms with Crippen LogP contribution in [0.25, 0.3) is 0 Å². The van der Waals surface area contributed by atoms with Crippen LogP contribution in [-0.4, -0.2) is 49.7 Å². The quantitative estimate of drug-likeness (QED) is 0.708. The van der Waals surface area contributed by atoms with Crippen molar-refractivity contribution in [2.45, 2.75) is 43.0 Å². The van der Waals surface area contributed by atoms with E-state index in [0.717, 1.165) is 31.6 Å². The molecular formula is C22H29N3O3S2. The first-order chi connectivity index (χ1) is 14.5. The fraction of sp³-hybridized carbons (Fsp3) is 0.500. The molecule has 30 heavy (non-hydrogen) atoms. The summed E-state index contributed by atoms with van der Waals surface area (Å²) >= 11 is 1.22. The molecule has 1 amide bonds. The highest BCUT2D eigenvalue weighted by molar-refractivity contribution is 7.91. The van der Waals surface area contributed by atoms with Gasteiger partial charge < -0.3 is 5.32 Å². The molecule has 0 aliphatic carbocycles. The third-order valence-corrected chi connectivity index (χ3v) is 9.15. The van der Waals surface area contributed by atoms with Gasteiger partial charge in [-0.3, -0.25) is 9.69 Å². The molecule has 1 N–H and O–H groups in total. The second-order valence-electron chi connectivity index (χ2n) is 8.16. The van der Waals surface area contributed by atoms with Gasteiger partial charge >= 0.3 is 0 Å². The first kappa shape index (κ1) is 21.5. The maximum absolute atomic E-state index is 12.8. The Morgan fingerprint density at radius 2 is 1.87 bits per heavy atom. The molecule has 0 bridgehead atoms. The Labute approximate surface area is 182 Å². The van der Waals surface area contributed by atoms with Crippen molar-refractivity contribution >= 4 is 27.3 Å². The summed E-state index contributed by atoms with van der Waals surface area (Å²) in [6.07, 6.45) is 3.97. The van der Waals surface area contributed by atoms with E-state index in [9.17, 15) is 13.2 Å². The summed E-state index contributed by atoms with van der Waals surface area (Å²) in [6, 6.07) is 11.7. The van der Waals surface area contributed by atoms with Crippen LogP contribution in [0, 0.1) is 5.92 Å². The molecule has 1 aromatic heterocycles. The number of piperidine rings is 1. The first-order valence-electron chi connectivity index (χ1n) is 10.6. The Balaban J connectivity index is 1.33. The Morgan fingerprint density at radius 3 is 2.63 bits per heavy atom. The largest absolute Gasteiger partial charge is 0.352 e. The molecule has 0 spiro atoms. The first-order valence-corrected chi connectivity index (χ1v) is 13.0. The van der Waals surface area contributed by atoms with Crippen LogP contribution in [0.2, 0.25) is 0 Å². The molecule has 162 valence electrons. The fourth-order valence-corrected chi connectivity index (χ4v) is 6.95. The van der Waals surface area contributed by atoms with Crippen molar-refractivity contribution in [1.29, 1.82) is 0 Å². The lowest BCUT2D eigenvalue weighted by Gasteiger charge is -2.30. The van der Waals surface area contributed by atoms with Crippen molar-refractivity contribution < 1.29 is 13.2 Å². The number of likely N-dealkylation sites (tertiary alicyclic amines) is 1. The van der Waals surface area contributed by atoms with E-state index >= 15 is 0 Å². The summed E-state index contributed by atoms with van der Waals surface area (Å²) in [5.41, 5.74) is 2.36. The minimum absolute atomic E-state index is 0.0639. The summed E-state index contributed by atoms with van der Waals surface area (Å²) < 4.78 is 27.4. The molecule has 8 heteroatoms. The van der Waals surface area contributed by atoms with Gasteiger partial charge in [0.05, 0.1) is 5.92 Å². The lowest BCUT2D eigenvalue weighted by Crippen LogP contribution is -2.45. The number of rotatable bonds is 7. The highest BCUT2D eigenvalue weighted by Crippen LogP contribution is 2.26. The lowest BCUT2D eigenvalue weighted by molar-refractivity contribution is -0.126. The van der Waals surface area contributed by atoms with Gasteiger partial charge in [-0.05, 0) is 61.3 Å². The average Bonchev–Trinajstić information content (AvgIpc) is 3.47. The second kappa shape index (κ2) is 9.60. The van der Waals surface area contributed by atoms with E-state index in [1.807, 2.05) is 12.1 Å². The van der Waals surface area contributed by atoms with Gasteiger partial charge in [0.15, 0.2) is 0 Å². The normalized spacial score (nSPS) is 21.0. The molecular weight excluding hydrogens is 418 g/mol. The molecule has 4 rings (SSSR count). The van der Waals surface area contributed by atoms with Gasteiger partial charge in [0.2, 0.25) is 5.91 Å². The average molecular weight is 448 g/mol. The van der Waals surface area contributed by atoms with Gasteiger partial charge in [-0.1, -0.05) is 30.3 Å². The van der Waals surface area contributed by atoms with Crippen LogP contribution in [0.3, 0.4) is 0 Å². The number of hydrogen-bond donors (Lipinski definition) is 1. The van der Waals surface area contributed by atoms with Gasteiger partial charge in [0, 0.05) is 26.2 Å². The zero-order valence-corrected chi connectivity index (χ0v) is 18.8. The van der Waals surface area contributed by atoms with Crippen LogP contribution >= 0.6 is 11.3 Å². The molecule has 2 aromatic rings. The van der Waals surface area contributed by atoms with Gasteiger partial charge in [0.25, 0.3) is 10.0 Å². The SMILES string of the molecule is O=C(NCc1cccc(CN2CCCC2)c1)[C@@H]1CCCN(S(=O)(=O)c2cccs2)C1. The van der Waals surface area contributed by atoms with Crippen LogP contribution in [0.4, 0.5) is 0 Å². The van der Waals surface area contributed by atoms with E-state index in [4.69, 9.17) is 0 Å². The second-order valence-corrected chi connectivity index (χ2v) is 11.3. The topological polar surface area (TPSA) is 69.7 Å². The Morgan fingerprint density at radius 1 is 1.07 bits per heavy atom. The van der Waals surface area contributed by atoms with E-state index in [1.54, 1.807) is 17.5 Å². The maximum atomic E-state index is 12.8.